The van der Waals surface area contributed by atoms with Gasteiger partial charge in [0.25, 0.3) is 0 Å². The zero-order chi connectivity index (χ0) is 22.4. The Bertz CT molecular complexity index is 1070. The quantitative estimate of drug-likeness (QED) is 0.378. The largest absolute Gasteiger partial charge is 0.497 e. The summed E-state index contributed by atoms with van der Waals surface area (Å²) in [5, 5.41) is 0. The molecule has 0 fully saturated rings. The number of carbonyl (C=O) groups is 2. The molecule has 0 unspecified atom stereocenters. The zero-order valence-electron chi connectivity index (χ0n) is 18.3. The highest BCUT2D eigenvalue weighted by atomic mass is 16.5. The molecule has 3 aromatic rings. The van der Waals surface area contributed by atoms with Gasteiger partial charge in [0.1, 0.15) is 11.5 Å². The highest BCUT2D eigenvalue weighted by Gasteiger charge is 2.18. The molecule has 0 N–H and O–H groups in total. The Kier molecular flexibility index (Phi) is 7.13. The van der Waals surface area contributed by atoms with E-state index in [0.717, 1.165) is 30.1 Å². The number of methoxy groups -OCH3 is 2. The van der Waals surface area contributed by atoms with Crippen molar-refractivity contribution in [1.82, 2.24) is 4.57 Å². The van der Waals surface area contributed by atoms with Crippen molar-refractivity contribution in [3.05, 3.63) is 82.7 Å². The van der Waals surface area contributed by atoms with Crippen LogP contribution in [0.2, 0.25) is 0 Å². The normalized spacial score (nSPS) is 10.6. The zero-order valence-corrected chi connectivity index (χ0v) is 18.3. The van der Waals surface area contributed by atoms with E-state index < -0.39 is 5.97 Å². The summed E-state index contributed by atoms with van der Waals surface area (Å²) in [6, 6.07) is 16.5. The Hall–Kier alpha value is -3.54. The van der Waals surface area contributed by atoms with Gasteiger partial charge in [0.05, 0.1) is 19.8 Å². The van der Waals surface area contributed by atoms with Crippen molar-refractivity contribution in [2.45, 2.75) is 26.8 Å². The lowest BCUT2D eigenvalue weighted by Crippen LogP contribution is -2.15. The van der Waals surface area contributed by atoms with Gasteiger partial charge in [-0.25, -0.2) is 4.79 Å². The number of carbonyl (C=O) groups excluding carboxylic acids is 2. The second kappa shape index (κ2) is 9.98. The number of rotatable bonds is 9. The van der Waals surface area contributed by atoms with Crippen molar-refractivity contribution in [3.8, 4) is 11.5 Å². The molecule has 6 nitrogen and oxygen atoms in total. The summed E-state index contributed by atoms with van der Waals surface area (Å²) in [5.41, 5.74) is 3.97. The predicted octanol–water partition coefficient (Wildman–Crippen LogP) is 4.40. The van der Waals surface area contributed by atoms with E-state index in [-0.39, 0.29) is 12.4 Å². The molecule has 3 rings (SSSR count). The Balaban J connectivity index is 1.63. The van der Waals surface area contributed by atoms with Crippen molar-refractivity contribution in [3.63, 3.8) is 0 Å². The van der Waals surface area contributed by atoms with Crippen LogP contribution in [0.15, 0.2) is 54.6 Å². The van der Waals surface area contributed by atoms with E-state index in [1.165, 1.54) is 12.7 Å². The summed E-state index contributed by atoms with van der Waals surface area (Å²) in [7, 11) is 3.17. The van der Waals surface area contributed by atoms with E-state index in [0.29, 0.717) is 16.9 Å². The molecule has 0 amide bonds. The second-order valence-corrected chi connectivity index (χ2v) is 7.27. The van der Waals surface area contributed by atoms with Gasteiger partial charge < -0.3 is 18.8 Å². The molecule has 1 aromatic heterocycles. The first-order valence-electron chi connectivity index (χ1n) is 10.1. The van der Waals surface area contributed by atoms with Crippen LogP contribution in [0, 0.1) is 13.8 Å². The van der Waals surface area contributed by atoms with Crippen molar-refractivity contribution in [1.29, 1.82) is 0 Å². The maximum atomic E-state index is 12.7. The molecule has 0 saturated heterocycles. The van der Waals surface area contributed by atoms with Crippen LogP contribution < -0.4 is 9.47 Å². The second-order valence-electron chi connectivity index (χ2n) is 7.27. The van der Waals surface area contributed by atoms with Crippen molar-refractivity contribution in [2.24, 2.45) is 0 Å². The van der Waals surface area contributed by atoms with Crippen LogP contribution in [-0.4, -0.2) is 37.1 Å². The fourth-order valence-corrected chi connectivity index (χ4v) is 3.50. The first-order chi connectivity index (χ1) is 14.9. The van der Waals surface area contributed by atoms with E-state index in [9.17, 15) is 9.59 Å². The van der Waals surface area contributed by atoms with Crippen molar-refractivity contribution >= 4 is 11.8 Å². The van der Waals surface area contributed by atoms with Crippen molar-refractivity contribution < 1.29 is 23.8 Å². The van der Waals surface area contributed by atoms with Gasteiger partial charge in [0.2, 0.25) is 5.78 Å². The number of aromatic nitrogens is 1. The average molecular weight is 421 g/mol. The number of Topliss-reactive ketones (excluding diaryl/α,β-unsaturated/α-hetero) is 1. The molecule has 0 radical (unpaired) electrons. The Morgan fingerprint density at radius 1 is 0.903 bits per heavy atom. The third-order valence-electron chi connectivity index (χ3n) is 5.30. The van der Waals surface area contributed by atoms with Crippen LogP contribution in [0.4, 0.5) is 0 Å². The molecule has 162 valence electrons. The lowest BCUT2D eigenvalue weighted by atomic mass is 10.1. The van der Waals surface area contributed by atoms with Gasteiger partial charge in [-0.1, -0.05) is 18.2 Å². The number of aryl methyl sites for hydroxylation is 2. The Morgan fingerprint density at radius 3 is 2.29 bits per heavy atom. The van der Waals surface area contributed by atoms with E-state index in [2.05, 4.69) is 4.57 Å². The highest BCUT2D eigenvalue weighted by Crippen LogP contribution is 2.19. The lowest BCUT2D eigenvalue weighted by Gasteiger charge is -2.10. The average Bonchev–Trinajstić information content (AvgIpc) is 3.09. The highest BCUT2D eigenvalue weighted by molar-refractivity contribution is 6.00. The van der Waals surface area contributed by atoms with Crippen LogP contribution in [-0.2, 0) is 17.7 Å². The molecular weight excluding hydrogens is 394 g/mol. The number of benzene rings is 2. The SMILES string of the molecule is COc1ccc(CCn2c(C)cc(C(=O)COC(=O)c3cccc(OC)c3)c2C)cc1. The minimum Gasteiger partial charge on any atom is -0.497 e. The molecule has 6 heteroatoms. The molecule has 0 spiro atoms. The Morgan fingerprint density at radius 2 is 1.61 bits per heavy atom. The smallest absolute Gasteiger partial charge is 0.338 e. The fourth-order valence-electron chi connectivity index (χ4n) is 3.50. The number of hydrogen-bond donors (Lipinski definition) is 0. The van der Waals surface area contributed by atoms with Crippen LogP contribution >= 0.6 is 0 Å². The van der Waals surface area contributed by atoms with Gasteiger partial charge in [-0.05, 0) is 62.2 Å². The Labute approximate surface area is 182 Å². The van der Waals surface area contributed by atoms with E-state index in [4.69, 9.17) is 14.2 Å². The fraction of sp³-hybridized carbons (Fsp3) is 0.280. The number of esters is 1. The monoisotopic (exact) mass is 421 g/mol. The molecule has 0 bridgehead atoms. The minimum atomic E-state index is -0.555. The number of ether oxygens (including phenoxy) is 3. The topological polar surface area (TPSA) is 66.8 Å². The predicted molar refractivity (Wildman–Crippen MR) is 118 cm³/mol. The number of hydrogen-bond acceptors (Lipinski definition) is 5. The minimum absolute atomic E-state index is 0.222. The van der Waals surface area contributed by atoms with E-state index in [1.807, 2.05) is 44.2 Å². The van der Waals surface area contributed by atoms with Crippen molar-refractivity contribution in [2.75, 3.05) is 20.8 Å². The van der Waals surface area contributed by atoms with E-state index in [1.54, 1.807) is 31.4 Å². The standard InChI is InChI=1S/C25H27NO5/c1-17-14-23(18(2)26(17)13-12-19-8-10-21(29-3)11-9-19)24(27)16-31-25(28)20-6-5-7-22(15-20)30-4/h5-11,14-15H,12-13,16H2,1-4H3. The van der Waals surface area contributed by atoms with Crippen LogP contribution in [0.25, 0.3) is 0 Å². The molecule has 1 heterocycles. The molecule has 0 aliphatic carbocycles. The van der Waals surface area contributed by atoms with Gasteiger partial charge in [0, 0.05) is 23.5 Å². The summed E-state index contributed by atoms with van der Waals surface area (Å²) in [4.78, 5) is 25.0. The number of ketones is 1. The van der Waals surface area contributed by atoms with Crippen LogP contribution in [0.5, 0.6) is 11.5 Å². The summed E-state index contributed by atoms with van der Waals surface area (Å²) in [5.74, 6) is 0.607. The lowest BCUT2D eigenvalue weighted by molar-refractivity contribution is 0.0474. The van der Waals surface area contributed by atoms with Gasteiger partial charge in [-0.2, -0.15) is 0 Å². The van der Waals surface area contributed by atoms with E-state index >= 15 is 0 Å². The molecule has 0 aliphatic heterocycles. The molecular formula is C25H27NO5. The molecule has 0 saturated carbocycles. The molecule has 0 atom stereocenters. The first-order valence-corrected chi connectivity index (χ1v) is 10.1. The summed E-state index contributed by atoms with van der Waals surface area (Å²) in [6.45, 7) is 4.33. The van der Waals surface area contributed by atoms with Crippen LogP contribution in [0.3, 0.4) is 0 Å². The van der Waals surface area contributed by atoms with Gasteiger partial charge in [-0.15, -0.1) is 0 Å². The van der Waals surface area contributed by atoms with Crippen LogP contribution in [0.1, 0.15) is 37.7 Å². The van der Waals surface area contributed by atoms with Gasteiger partial charge >= 0.3 is 5.97 Å². The summed E-state index contributed by atoms with van der Waals surface area (Å²) < 4.78 is 17.7. The molecule has 2 aromatic carbocycles. The number of nitrogens with zero attached hydrogens (tertiary/aromatic N) is 1. The first kappa shape index (κ1) is 22.2. The molecule has 31 heavy (non-hydrogen) atoms. The van der Waals surface area contributed by atoms with Gasteiger partial charge in [-0.3, -0.25) is 4.79 Å². The maximum Gasteiger partial charge on any atom is 0.338 e. The third-order valence-corrected chi connectivity index (χ3v) is 5.30. The summed E-state index contributed by atoms with van der Waals surface area (Å²) >= 11 is 0. The molecule has 0 aliphatic rings. The third kappa shape index (κ3) is 5.34. The van der Waals surface area contributed by atoms with Gasteiger partial charge in [0.15, 0.2) is 6.61 Å². The maximum absolute atomic E-state index is 12.7. The summed E-state index contributed by atoms with van der Waals surface area (Å²) in [6.07, 6.45) is 0.832.